The Morgan fingerprint density at radius 3 is 2.50 bits per heavy atom. The Hall–Kier alpha value is -1.92. The van der Waals surface area contributed by atoms with Crippen molar-refractivity contribution < 1.29 is 4.39 Å². The fraction of sp³-hybridized carbons (Fsp3) is 0.478. The summed E-state index contributed by atoms with van der Waals surface area (Å²) >= 11 is 9.25. The van der Waals surface area contributed by atoms with Crippen LogP contribution in [0.1, 0.15) is 39.1 Å². The maximum Gasteiger partial charge on any atom is 0.332 e. The quantitative estimate of drug-likeness (QED) is 0.248. The van der Waals surface area contributed by atoms with Crippen LogP contribution in [0.15, 0.2) is 32.9 Å². The first kappa shape index (κ1) is 28.6. The van der Waals surface area contributed by atoms with Gasteiger partial charge in [0.15, 0.2) is 16.3 Å². The minimum absolute atomic E-state index is 0. The molecule has 0 aliphatic heterocycles. The number of thiazole rings is 1. The van der Waals surface area contributed by atoms with Crippen molar-refractivity contribution in [3.63, 3.8) is 0 Å². The molecule has 196 valence electrons. The summed E-state index contributed by atoms with van der Waals surface area (Å²) in [5, 5.41) is 1.15. The molecule has 0 spiro atoms. The minimum Gasteiger partial charge on any atom is -0.329 e. The van der Waals surface area contributed by atoms with Crippen LogP contribution in [0, 0.1) is 5.82 Å². The molecule has 0 aliphatic rings. The van der Waals surface area contributed by atoms with E-state index in [9.17, 15) is 14.0 Å². The van der Waals surface area contributed by atoms with Crippen molar-refractivity contribution >= 4 is 68.5 Å². The summed E-state index contributed by atoms with van der Waals surface area (Å²) in [5.41, 5.74) is 6.13. The van der Waals surface area contributed by atoms with E-state index in [0.29, 0.717) is 46.4 Å². The number of alkyl halides is 1. The zero-order chi connectivity index (χ0) is 25.7. The number of nitrogens with zero attached hydrogens (tertiary/aromatic N) is 5. The Kier molecular flexibility index (Phi) is 8.31. The Balaban J connectivity index is 0.00000361. The molecule has 0 amide bonds. The highest BCUT2D eigenvalue weighted by atomic mass is 35.5. The molecule has 0 saturated heterocycles. The van der Waals surface area contributed by atoms with Crippen molar-refractivity contribution in [1.29, 1.82) is 0 Å². The molecule has 3 aromatic heterocycles. The van der Waals surface area contributed by atoms with Gasteiger partial charge >= 0.3 is 5.69 Å². The lowest BCUT2D eigenvalue weighted by Gasteiger charge is -2.22. The fourth-order valence-corrected chi connectivity index (χ4v) is 5.62. The molecule has 0 aliphatic carbocycles. The molecule has 0 atom stereocenters. The van der Waals surface area contributed by atoms with E-state index in [0.717, 1.165) is 9.27 Å². The average Bonchev–Trinajstić information content (AvgIpc) is 3.33. The topological polar surface area (TPSA) is 101 Å². The summed E-state index contributed by atoms with van der Waals surface area (Å²) in [4.78, 5) is 35.5. The van der Waals surface area contributed by atoms with Crippen molar-refractivity contribution in [2.45, 2.75) is 62.0 Å². The normalized spacial score (nSPS) is 12.4. The van der Waals surface area contributed by atoms with Gasteiger partial charge in [0.1, 0.15) is 10.8 Å². The van der Waals surface area contributed by atoms with Gasteiger partial charge < -0.3 is 10.3 Å². The summed E-state index contributed by atoms with van der Waals surface area (Å²) in [6.45, 7) is 8.65. The van der Waals surface area contributed by atoms with Crippen LogP contribution in [0.3, 0.4) is 0 Å². The summed E-state index contributed by atoms with van der Waals surface area (Å²) < 4.78 is 18.4. The fourth-order valence-electron chi connectivity index (χ4n) is 3.59. The average molecular weight is 576 g/mol. The number of hydrogen-bond acceptors (Lipinski definition) is 7. The number of thioether (sulfide) groups is 1. The highest BCUT2D eigenvalue weighted by molar-refractivity contribution is 8.00. The Labute approximate surface area is 227 Å². The number of halogens is 3. The molecule has 13 heteroatoms. The summed E-state index contributed by atoms with van der Waals surface area (Å²) in [7, 11) is 1.60. The first-order valence-electron chi connectivity index (χ1n) is 11.1. The molecule has 0 unspecified atom stereocenters. The van der Waals surface area contributed by atoms with Gasteiger partial charge in [-0.15, -0.1) is 35.3 Å². The minimum atomic E-state index is -0.495. The van der Waals surface area contributed by atoms with Gasteiger partial charge in [0, 0.05) is 35.8 Å². The molecule has 0 bridgehead atoms. The molecular formula is C23H29Cl2FN6O2S2. The number of benzene rings is 1. The molecule has 0 saturated carbocycles. The Morgan fingerprint density at radius 1 is 1.17 bits per heavy atom. The third kappa shape index (κ3) is 5.80. The highest BCUT2D eigenvalue weighted by Crippen LogP contribution is 2.33. The molecule has 4 rings (SSSR count). The second-order valence-corrected chi connectivity index (χ2v) is 13.5. The monoisotopic (exact) mass is 574 g/mol. The van der Waals surface area contributed by atoms with E-state index in [2.05, 4.69) is 9.97 Å². The van der Waals surface area contributed by atoms with Gasteiger partial charge in [-0.3, -0.25) is 13.9 Å². The van der Waals surface area contributed by atoms with Crippen molar-refractivity contribution in [3.05, 3.63) is 49.9 Å². The zero-order valence-electron chi connectivity index (χ0n) is 20.7. The van der Waals surface area contributed by atoms with Gasteiger partial charge in [-0.25, -0.2) is 19.2 Å². The molecule has 36 heavy (non-hydrogen) atoms. The first-order valence-corrected chi connectivity index (χ1v) is 13.1. The van der Waals surface area contributed by atoms with E-state index < -0.39 is 16.1 Å². The highest BCUT2D eigenvalue weighted by Gasteiger charge is 2.27. The SMILES string of the molecule is Cl.Cn1c(=O)n(Cc2nc3cc(F)ccc3s2)c(=O)c2c1nc(SC(C)(C)CN)n2CCC(C)(C)Cl. The molecular weight excluding hydrogens is 546 g/mol. The lowest BCUT2D eigenvalue weighted by atomic mass is 10.1. The first-order chi connectivity index (χ1) is 16.3. The van der Waals surface area contributed by atoms with Gasteiger partial charge in [-0.05, 0) is 46.2 Å². The predicted molar refractivity (Wildman–Crippen MR) is 149 cm³/mol. The molecule has 0 fully saturated rings. The standard InChI is InChI=1S/C23H28ClFN6O2S2.ClH/c1-22(2,24)8-9-30-17-18(28-20(30)35-23(3,4)12-26)29(5)21(33)31(19(17)32)11-16-27-14-10-13(25)6-7-15(14)34-16;/h6-7,10H,8-9,11-12,26H2,1-5H3;1H. The number of aryl methyl sites for hydroxylation is 2. The maximum atomic E-state index is 13.7. The number of imidazole rings is 1. The van der Waals surface area contributed by atoms with Crippen LogP contribution in [-0.4, -0.2) is 39.8 Å². The molecule has 1 aromatic carbocycles. The third-order valence-electron chi connectivity index (χ3n) is 5.67. The summed E-state index contributed by atoms with van der Waals surface area (Å²) in [5.74, 6) is -0.389. The van der Waals surface area contributed by atoms with Gasteiger partial charge in [-0.1, -0.05) is 11.8 Å². The van der Waals surface area contributed by atoms with Crippen LogP contribution in [0.5, 0.6) is 0 Å². The molecule has 3 heterocycles. The zero-order valence-corrected chi connectivity index (χ0v) is 23.9. The smallest absolute Gasteiger partial charge is 0.329 e. The molecule has 2 N–H and O–H groups in total. The Bertz CT molecular complexity index is 1530. The number of aromatic nitrogens is 5. The largest absolute Gasteiger partial charge is 0.332 e. The second kappa shape index (κ2) is 10.4. The van der Waals surface area contributed by atoms with Crippen LogP contribution in [0.2, 0.25) is 0 Å². The van der Waals surface area contributed by atoms with Crippen molar-refractivity contribution in [2.75, 3.05) is 6.54 Å². The number of rotatable bonds is 8. The van der Waals surface area contributed by atoms with Gasteiger partial charge in [0.2, 0.25) is 0 Å². The van der Waals surface area contributed by atoms with E-state index in [4.69, 9.17) is 17.3 Å². The van der Waals surface area contributed by atoms with Crippen LogP contribution < -0.4 is 17.0 Å². The summed E-state index contributed by atoms with van der Waals surface area (Å²) in [6, 6.07) is 4.34. The van der Waals surface area contributed by atoms with Gasteiger partial charge in [-0.2, -0.15) is 0 Å². The van der Waals surface area contributed by atoms with Crippen LogP contribution in [0.4, 0.5) is 4.39 Å². The van der Waals surface area contributed by atoms with Crippen molar-refractivity contribution in [2.24, 2.45) is 12.8 Å². The van der Waals surface area contributed by atoms with E-state index in [1.165, 1.54) is 39.8 Å². The Morgan fingerprint density at radius 2 is 1.86 bits per heavy atom. The van der Waals surface area contributed by atoms with Crippen molar-refractivity contribution in [3.8, 4) is 0 Å². The lowest BCUT2D eigenvalue weighted by molar-refractivity contribution is 0.526. The van der Waals surface area contributed by atoms with Crippen LogP contribution in [-0.2, 0) is 20.1 Å². The maximum absolute atomic E-state index is 13.7. The molecule has 4 aromatic rings. The van der Waals surface area contributed by atoms with Crippen LogP contribution >= 0.6 is 47.1 Å². The number of hydrogen-bond donors (Lipinski definition) is 1. The van der Waals surface area contributed by atoms with E-state index >= 15 is 0 Å². The summed E-state index contributed by atoms with van der Waals surface area (Å²) in [6.07, 6.45) is 0.586. The lowest BCUT2D eigenvalue weighted by Crippen LogP contribution is -2.40. The molecule has 0 radical (unpaired) electrons. The van der Waals surface area contributed by atoms with E-state index in [1.54, 1.807) is 13.1 Å². The van der Waals surface area contributed by atoms with Gasteiger partial charge in [0.05, 0.1) is 16.8 Å². The number of fused-ring (bicyclic) bond motifs is 2. The second-order valence-electron chi connectivity index (χ2n) is 9.71. The number of nitrogens with two attached hydrogens (primary N) is 1. The van der Waals surface area contributed by atoms with E-state index in [-0.39, 0.29) is 29.5 Å². The van der Waals surface area contributed by atoms with Gasteiger partial charge in [0.25, 0.3) is 5.56 Å². The molecule has 8 nitrogen and oxygen atoms in total. The van der Waals surface area contributed by atoms with Crippen LogP contribution in [0.25, 0.3) is 21.4 Å². The predicted octanol–water partition coefficient (Wildman–Crippen LogP) is 4.35. The van der Waals surface area contributed by atoms with Crippen molar-refractivity contribution in [1.82, 2.24) is 23.7 Å². The third-order valence-corrected chi connectivity index (χ3v) is 8.10. The van der Waals surface area contributed by atoms with E-state index in [1.807, 2.05) is 32.3 Å².